The van der Waals surface area contributed by atoms with Crippen molar-refractivity contribution in [1.29, 1.82) is 0 Å². The molecule has 0 N–H and O–H groups in total. The van der Waals surface area contributed by atoms with E-state index in [2.05, 4.69) is 4.99 Å². The molecule has 0 aromatic heterocycles. The standard InChI is InChI=1S/C6H10F3N/c1-2-3-4-10-5-6(7,8)9/h5H,2-4H2,1H3/b10-5-. The zero-order valence-corrected chi connectivity index (χ0v) is 5.78. The van der Waals surface area contributed by atoms with Gasteiger partial charge in [0.25, 0.3) is 0 Å². The molecule has 0 fully saturated rings. The summed E-state index contributed by atoms with van der Waals surface area (Å²) >= 11 is 0. The zero-order chi connectivity index (χ0) is 8.04. The van der Waals surface area contributed by atoms with Crippen molar-refractivity contribution in [2.24, 2.45) is 4.99 Å². The summed E-state index contributed by atoms with van der Waals surface area (Å²) in [6, 6.07) is 0. The third-order valence-corrected chi connectivity index (χ3v) is 0.878. The summed E-state index contributed by atoms with van der Waals surface area (Å²) in [7, 11) is 0. The van der Waals surface area contributed by atoms with Gasteiger partial charge in [-0.1, -0.05) is 13.3 Å². The normalized spacial score (nSPS) is 12.8. The second-order valence-electron chi connectivity index (χ2n) is 1.93. The van der Waals surface area contributed by atoms with Crippen LogP contribution in [0, 0.1) is 0 Å². The number of aliphatic imine (C=N–C) groups is 1. The van der Waals surface area contributed by atoms with Gasteiger partial charge in [-0.3, -0.25) is 4.99 Å². The summed E-state index contributed by atoms with van der Waals surface area (Å²) in [6.45, 7) is 2.18. The van der Waals surface area contributed by atoms with E-state index in [-0.39, 0.29) is 12.8 Å². The number of unbranched alkanes of at least 4 members (excludes halogenated alkanes) is 1. The SMILES string of the molecule is CCCC/N=C\C(F)(F)F. The minimum absolute atomic E-state index is 0.0443. The van der Waals surface area contributed by atoms with Gasteiger partial charge in [0.2, 0.25) is 0 Å². The predicted molar refractivity (Wildman–Crippen MR) is 34.3 cm³/mol. The highest BCUT2D eigenvalue weighted by Crippen LogP contribution is 2.10. The second-order valence-corrected chi connectivity index (χ2v) is 1.93. The minimum Gasteiger partial charge on any atom is -0.288 e. The maximum atomic E-state index is 11.3. The van der Waals surface area contributed by atoms with Crippen LogP contribution in [0.15, 0.2) is 4.99 Å². The lowest BCUT2D eigenvalue weighted by Gasteiger charge is -1.95. The first-order chi connectivity index (χ1) is 4.56. The maximum absolute atomic E-state index is 11.3. The Kier molecular flexibility index (Phi) is 4.07. The Morgan fingerprint density at radius 3 is 2.40 bits per heavy atom. The van der Waals surface area contributed by atoms with Gasteiger partial charge >= 0.3 is 6.18 Å². The van der Waals surface area contributed by atoms with E-state index in [9.17, 15) is 13.2 Å². The molecule has 4 heteroatoms. The number of alkyl halides is 3. The number of hydrogen-bond acceptors (Lipinski definition) is 1. The summed E-state index contributed by atoms with van der Waals surface area (Å²) < 4.78 is 34.0. The van der Waals surface area contributed by atoms with E-state index >= 15 is 0 Å². The molecule has 0 bridgehead atoms. The molecule has 0 rings (SSSR count). The van der Waals surface area contributed by atoms with E-state index in [1.807, 2.05) is 6.92 Å². The van der Waals surface area contributed by atoms with Crippen LogP contribution in [0.1, 0.15) is 19.8 Å². The molecule has 1 nitrogen and oxygen atoms in total. The monoisotopic (exact) mass is 153 g/mol. The molecule has 0 atom stereocenters. The Morgan fingerprint density at radius 2 is 2.00 bits per heavy atom. The Labute approximate surface area is 58.0 Å². The van der Waals surface area contributed by atoms with E-state index in [1.54, 1.807) is 0 Å². The van der Waals surface area contributed by atoms with Crippen LogP contribution in [0.2, 0.25) is 0 Å². The lowest BCUT2D eigenvalue weighted by molar-refractivity contribution is -0.0537. The molecule has 60 valence electrons. The van der Waals surface area contributed by atoms with Gasteiger partial charge in [0.15, 0.2) is 0 Å². The van der Waals surface area contributed by atoms with Crippen molar-refractivity contribution in [3.05, 3.63) is 0 Å². The van der Waals surface area contributed by atoms with Gasteiger partial charge < -0.3 is 0 Å². The van der Waals surface area contributed by atoms with Gasteiger partial charge in [-0.25, -0.2) is 0 Å². The molecular weight excluding hydrogens is 143 g/mol. The first-order valence-electron chi connectivity index (χ1n) is 3.14. The molecule has 0 aliphatic rings. The average Bonchev–Trinajstić information content (AvgIpc) is 1.78. The van der Waals surface area contributed by atoms with E-state index in [4.69, 9.17) is 0 Å². The van der Waals surface area contributed by atoms with Crippen molar-refractivity contribution in [3.8, 4) is 0 Å². The number of nitrogens with zero attached hydrogens (tertiary/aromatic N) is 1. The van der Waals surface area contributed by atoms with Gasteiger partial charge in [-0.15, -0.1) is 0 Å². The van der Waals surface area contributed by atoms with Crippen LogP contribution in [-0.4, -0.2) is 18.9 Å². The number of halogens is 3. The van der Waals surface area contributed by atoms with Crippen molar-refractivity contribution in [2.75, 3.05) is 6.54 Å². The third kappa shape index (κ3) is 7.46. The smallest absolute Gasteiger partial charge is 0.288 e. The fourth-order valence-corrected chi connectivity index (χ4v) is 0.417. The topological polar surface area (TPSA) is 12.4 Å². The van der Waals surface area contributed by atoms with Crippen LogP contribution in [0.5, 0.6) is 0 Å². The van der Waals surface area contributed by atoms with E-state index < -0.39 is 6.18 Å². The number of rotatable bonds is 3. The summed E-state index contributed by atoms with van der Waals surface area (Å²) in [5.74, 6) is 0. The molecule has 0 saturated heterocycles. The van der Waals surface area contributed by atoms with Crippen LogP contribution in [0.3, 0.4) is 0 Å². The van der Waals surface area contributed by atoms with E-state index in [1.165, 1.54) is 0 Å². The quantitative estimate of drug-likeness (QED) is 0.436. The predicted octanol–water partition coefficient (Wildman–Crippen LogP) is 2.42. The average molecular weight is 153 g/mol. The molecule has 0 heterocycles. The fraction of sp³-hybridized carbons (Fsp3) is 0.833. The summed E-state index contributed by atoms with van der Waals surface area (Å²) in [5.41, 5.74) is 0. The second kappa shape index (κ2) is 4.30. The Balaban J connectivity index is 3.37. The molecule has 0 spiro atoms. The molecule has 0 amide bonds. The Hall–Kier alpha value is -0.540. The molecule has 0 aliphatic carbocycles. The maximum Gasteiger partial charge on any atom is 0.426 e. The lowest BCUT2D eigenvalue weighted by Crippen LogP contribution is -2.08. The highest BCUT2D eigenvalue weighted by Gasteiger charge is 2.22. The zero-order valence-electron chi connectivity index (χ0n) is 5.78. The van der Waals surface area contributed by atoms with Crippen molar-refractivity contribution < 1.29 is 13.2 Å². The molecular formula is C6H10F3N. The lowest BCUT2D eigenvalue weighted by atomic mass is 10.3. The molecule has 10 heavy (non-hydrogen) atoms. The van der Waals surface area contributed by atoms with Crippen LogP contribution >= 0.6 is 0 Å². The molecule has 0 aromatic carbocycles. The van der Waals surface area contributed by atoms with Crippen molar-refractivity contribution >= 4 is 6.21 Å². The summed E-state index contributed by atoms with van der Waals surface area (Å²) in [5, 5.41) is 0. The van der Waals surface area contributed by atoms with Crippen LogP contribution in [0.4, 0.5) is 13.2 Å². The molecule has 0 unspecified atom stereocenters. The molecule has 0 aromatic rings. The van der Waals surface area contributed by atoms with Gasteiger partial charge in [-0.2, -0.15) is 13.2 Å². The van der Waals surface area contributed by atoms with Gasteiger partial charge in [-0.05, 0) is 6.42 Å². The van der Waals surface area contributed by atoms with Crippen LogP contribution < -0.4 is 0 Å². The summed E-state index contributed by atoms with van der Waals surface area (Å²) in [4.78, 5) is 3.18. The van der Waals surface area contributed by atoms with Crippen molar-refractivity contribution in [2.45, 2.75) is 25.9 Å². The molecule has 0 saturated carbocycles. The fourth-order valence-electron chi connectivity index (χ4n) is 0.417. The van der Waals surface area contributed by atoms with E-state index in [0.717, 1.165) is 6.42 Å². The highest BCUT2D eigenvalue weighted by molar-refractivity contribution is 5.63. The van der Waals surface area contributed by atoms with Crippen molar-refractivity contribution in [3.63, 3.8) is 0 Å². The first-order valence-corrected chi connectivity index (χ1v) is 3.14. The first kappa shape index (κ1) is 9.46. The Bertz CT molecular complexity index is 106. The molecule has 0 aliphatic heterocycles. The van der Waals surface area contributed by atoms with Crippen molar-refractivity contribution in [1.82, 2.24) is 0 Å². The third-order valence-electron chi connectivity index (χ3n) is 0.878. The molecule has 0 radical (unpaired) electrons. The van der Waals surface area contributed by atoms with Gasteiger partial charge in [0.1, 0.15) is 6.21 Å². The minimum atomic E-state index is -4.24. The van der Waals surface area contributed by atoms with Gasteiger partial charge in [0, 0.05) is 6.54 Å². The largest absolute Gasteiger partial charge is 0.426 e. The summed E-state index contributed by atoms with van der Waals surface area (Å²) in [6.07, 6.45) is -2.61. The van der Waals surface area contributed by atoms with Gasteiger partial charge in [0.05, 0.1) is 0 Å². The van der Waals surface area contributed by atoms with Crippen LogP contribution in [-0.2, 0) is 0 Å². The van der Waals surface area contributed by atoms with E-state index in [0.29, 0.717) is 6.42 Å². The number of hydrogen-bond donors (Lipinski definition) is 0. The van der Waals surface area contributed by atoms with Crippen LogP contribution in [0.25, 0.3) is 0 Å². The highest BCUT2D eigenvalue weighted by atomic mass is 19.4. The Morgan fingerprint density at radius 1 is 1.40 bits per heavy atom.